The number of ether oxygens (including phenoxy) is 10. The van der Waals surface area contributed by atoms with Gasteiger partial charge >= 0.3 is 5.97 Å². The van der Waals surface area contributed by atoms with E-state index >= 15 is 0 Å². The molecular weight excluding hydrogens is 656 g/mol. The van der Waals surface area contributed by atoms with E-state index in [4.69, 9.17) is 47.4 Å². The highest BCUT2D eigenvalue weighted by Crippen LogP contribution is 2.36. The van der Waals surface area contributed by atoms with Gasteiger partial charge in [0, 0.05) is 45.9 Å². The monoisotopic (exact) mass is 731 g/mol. The fourth-order valence-electron chi connectivity index (χ4n) is 6.17. The van der Waals surface area contributed by atoms with Crippen molar-refractivity contribution in [3.8, 4) is 0 Å². The minimum Gasteiger partial charge on any atom is -0.454 e. The third-order valence-corrected chi connectivity index (χ3v) is 9.24. The minimum atomic E-state index is -1.01. The standard InChI is InChI=1S/C40H74O11/c1-9-15-21-27-47-39-30(7)34(44-24-18-12-4)36(33(49-39)29-43-23-17-11-3)51-40-38(48-31(8)41)37(46-26-20-14-6)35(45-25-19-13-5)32(50-40)28-42-22-16-10-2/h9,30,32-40H,1,10-29H2,2-8H3/t30?,32?,33?,34-,35-,36-,37+,38?,39-,40-/m1/s1. The molecule has 2 aliphatic heterocycles. The van der Waals surface area contributed by atoms with E-state index in [0.29, 0.717) is 39.6 Å². The van der Waals surface area contributed by atoms with Crippen molar-refractivity contribution in [2.75, 3.05) is 52.9 Å². The predicted molar refractivity (Wildman–Crippen MR) is 198 cm³/mol. The number of hydrogen-bond acceptors (Lipinski definition) is 11. The van der Waals surface area contributed by atoms with Crippen LogP contribution in [0.15, 0.2) is 12.7 Å². The summed E-state index contributed by atoms with van der Waals surface area (Å²) in [5, 5.41) is 0. The Morgan fingerprint density at radius 3 is 1.59 bits per heavy atom. The fourth-order valence-corrected chi connectivity index (χ4v) is 6.17. The normalized spacial score (nSPS) is 29.6. The zero-order chi connectivity index (χ0) is 37.3. The van der Waals surface area contributed by atoms with Crippen LogP contribution in [0.2, 0.25) is 0 Å². The number of unbranched alkanes of at least 4 members (excludes halogenated alkanes) is 6. The van der Waals surface area contributed by atoms with Crippen LogP contribution in [-0.4, -0.2) is 114 Å². The number of carbonyl (C=O) groups is 1. The van der Waals surface area contributed by atoms with Crippen molar-refractivity contribution in [1.29, 1.82) is 0 Å². The Hall–Kier alpha value is -1.15. The molecule has 10 atom stereocenters. The van der Waals surface area contributed by atoms with Gasteiger partial charge in [0.1, 0.15) is 30.5 Å². The first kappa shape index (κ1) is 46.0. The van der Waals surface area contributed by atoms with Crippen LogP contribution in [0.25, 0.3) is 0 Å². The first-order valence-electron chi connectivity index (χ1n) is 20.2. The first-order valence-corrected chi connectivity index (χ1v) is 20.2. The Kier molecular flexibility index (Phi) is 25.5. The molecule has 4 unspecified atom stereocenters. The molecule has 51 heavy (non-hydrogen) atoms. The molecule has 300 valence electrons. The van der Waals surface area contributed by atoms with E-state index in [1.807, 2.05) is 6.08 Å². The molecule has 2 heterocycles. The van der Waals surface area contributed by atoms with Crippen molar-refractivity contribution in [2.24, 2.45) is 5.92 Å². The van der Waals surface area contributed by atoms with E-state index in [2.05, 4.69) is 48.1 Å². The summed E-state index contributed by atoms with van der Waals surface area (Å²) in [6, 6.07) is 0. The summed E-state index contributed by atoms with van der Waals surface area (Å²) in [4.78, 5) is 12.7. The molecule has 0 N–H and O–H groups in total. The topological polar surface area (TPSA) is 109 Å². The second kappa shape index (κ2) is 28.3. The second-order valence-electron chi connectivity index (χ2n) is 13.8. The SMILES string of the molecule is C=CCCCO[C@@H]1OC(COCCCC)[C@@H](O[C@H]2OC(COCCCC)[C@@H](OCCCC)[C@H](OCCCC)C2OC(C)=O)[C@H](OCCCC)C1C. The van der Waals surface area contributed by atoms with Crippen molar-refractivity contribution >= 4 is 5.97 Å². The molecule has 0 aromatic heterocycles. The number of hydrogen-bond donors (Lipinski definition) is 0. The van der Waals surface area contributed by atoms with E-state index in [1.54, 1.807) is 0 Å². The summed E-state index contributed by atoms with van der Waals surface area (Å²) in [5.41, 5.74) is 0. The fraction of sp³-hybridized carbons (Fsp3) is 0.925. The van der Waals surface area contributed by atoms with Crippen molar-refractivity contribution in [2.45, 2.75) is 181 Å². The van der Waals surface area contributed by atoms with E-state index in [1.165, 1.54) is 6.92 Å². The molecule has 0 radical (unpaired) electrons. The summed E-state index contributed by atoms with van der Waals surface area (Å²) in [7, 11) is 0. The molecule has 2 fully saturated rings. The Labute approximate surface area is 310 Å². The van der Waals surface area contributed by atoms with Gasteiger partial charge in [0.25, 0.3) is 0 Å². The lowest BCUT2D eigenvalue weighted by Crippen LogP contribution is -2.65. The Morgan fingerprint density at radius 1 is 0.588 bits per heavy atom. The number of rotatable bonds is 30. The van der Waals surface area contributed by atoms with Crippen molar-refractivity contribution in [3.05, 3.63) is 12.7 Å². The lowest BCUT2D eigenvalue weighted by atomic mass is 9.91. The zero-order valence-electron chi connectivity index (χ0n) is 33.2. The van der Waals surface area contributed by atoms with Crippen LogP contribution < -0.4 is 0 Å². The molecule has 2 rings (SSSR count). The maximum absolute atomic E-state index is 12.7. The van der Waals surface area contributed by atoms with Gasteiger partial charge in [0.2, 0.25) is 0 Å². The summed E-state index contributed by atoms with van der Waals surface area (Å²) in [5.74, 6) is -0.629. The van der Waals surface area contributed by atoms with Crippen LogP contribution in [0.5, 0.6) is 0 Å². The highest BCUT2D eigenvalue weighted by atomic mass is 16.8. The van der Waals surface area contributed by atoms with Crippen LogP contribution in [0.4, 0.5) is 0 Å². The van der Waals surface area contributed by atoms with Gasteiger partial charge in [-0.2, -0.15) is 0 Å². The van der Waals surface area contributed by atoms with Gasteiger partial charge in [0.15, 0.2) is 18.7 Å². The average Bonchev–Trinajstić information content (AvgIpc) is 3.11. The second-order valence-corrected chi connectivity index (χ2v) is 13.8. The molecule has 2 saturated heterocycles. The Bertz CT molecular complexity index is 875. The van der Waals surface area contributed by atoms with Gasteiger partial charge in [-0.1, -0.05) is 79.7 Å². The van der Waals surface area contributed by atoms with Gasteiger partial charge < -0.3 is 47.4 Å². The van der Waals surface area contributed by atoms with Crippen molar-refractivity contribution in [3.63, 3.8) is 0 Å². The van der Waals surface area contributed by atoms with Crippen LogP contribution >= 0.6 is 0 Å². The molecule has 0 aromatic carbocycles. The zero-order valence-corrected chi connectivity index (χ0v) is 33.2. The molecule has 0 aromatic rings. The molecule has 11 nitrogen and oxygen atoms in total. The lowest BCUT2D eigenvalue weighted by Gasteiger charge is -2.49. The van der Waals surface area contributed by atoms with Gasteiger partial charge in [-0.25, -0.2) is 0 Å². The molecular formula is C40H74O11. The largest absolute Gasteiger partial charge is 0.454 e. The first-order chi connectivity index (χ1) is 24.9. The van der Waals surface area contributed by atoms with E-state index in [9.17, 15) is 4.79 Å². The maximum atomic E-state index is 12.7. The van der Waals surface area contributed by atoms with E-state index < -0.39 is 61.3 Å². The smallest absolute Gasteiger partial charge is 0.303 e. The quantitative estimate of drug-likeness (QED) is 0.0415. The predicted octanol–water partition coefficient (Wildman–Crippen LogP) is 7.56. The van der Waals surface area contributed by atoms with Crippen LogP contribution in [0.1, 0.15) is 126 Å². The van der Waals surface area contributed by atoms with Crippen LogP contribution in [-0.2, 0) is 52.2 Å². The van der Waals surface area contributed by atoms with E-state index in [0.717, 1.165) is 77.0 Å². The molecule has 0 spiro atoms. The Balaban J connectivity index is 2.53. The molecule has 0 saturated carbocycles. The van der Waals surface area contributed by atoms with Gasteiger partial charge in [0.05, 0.1) is 25.9 Å². The number of allylic oxidation sites excluding steroid dienone is 1. The lowest BCUT2D eigenvalue weighted by molar-refractivity contribution is -0.362. The van der Waals surface area contributed by atoms with Crippen molar-refractivity contribution in [1.82, 2.24) is 0 Å². The number of esters is 1. The Morgan fingerprint density at radius 2 is 1.06 bits per heavy atom. The van der Waals surface area contributed by atoms with Crippen LogP contribution in [0, 0.1) is 5.92 Å². The summed E-state index contributed by atoms with van der Waals surface area (Å²) in [6.07, 6.45) is 7.37. The highest BCUT2D eigenvalue weighted by molar-refractivity contribution is 5.66. The molecule has 0 bridgehead atoms. The molecule has 11 heteroatoms. The van der Waals surface area contributed by atoms with Gasteiger partial charge in [-0.15, -0.1) is 6.58 Å². The third kappa shape index (κ3) is 16.8. The maximum Gasteiger partial charge on any atom is 0.303 e. The molecule has 0 amide bonds. The van der Waals surface area contributed by atoms with Gasteiger partial charge in [-0.05, 0) is 44.9 Å². The third-order valence-electron chi connectivity index (χ3n) is 9.24. The number of carbonyl (C=O) groups excluding carboxylic acids is 1. The molecule has 0 aliphatic carbocycles. The average molecular weight is 731 g/mol. The summed E-state index contributed by atoms with van der Waals surface area (Å²) in [6.45, 7) is 21.8. The van der Waals surface area contributed by atoms with Gasteiger partial charge in [-0.3, -0.25) is 4.79 Å². The van der Waals surface area contributed by atoms with Crippen LogP contribution in [0.3, 0.4) is 0 Å². The highest BCUT2D eigenvalue weighted by Gasteiger charge is 2.54. The summed E-state index contributed by atoms with van der Waals surface area (Å²) >= 11 is 0. The molecule has 2 aliphatic rings. The minimum absolute atomic E-state index is 0.173. The summed E-state index contributed by atoms with van der Waals surface area (Å²) < 4.78 is 64.7. The van der Waals surface area contributed by atoms with Crippen molar-refractivity contribution < 1.29 is 52.2 Å². The van der Waals surface area contributed by atoms with E-state index in [-0.39, 0.29) is 19.1 Å².